The Balaban J connectivity index is 1.24. The molecule has 0 unspecified atom stereocenters. The van der Waals surface area contributed by atoms with Gasteiger partial charge in [0.1, 0.15) is 0 Å². The maximum absolute atomic E-state index is 12.3. The van der Waals surface area contributed by atoms with E-state index < -0.39 is 0 Å². The fourth-order valence-corrected chi connectivity index (χ4v) is 4.26. The number of carbonyl (C=O) groups is 1. The zero-order valence-electron chi connectivity index (χ0n) is 20.9. The molecule has 0 saturated heterocycles. The van der Waals surface area contributed by atoms with Crippen molar-refractivity contribution in [1.82, 2.24) is 25.5 Å². The number of nitrogens with one attached hydrogen (secondary N) is 2. The third-order valence-electron chi connectivity index (χ3n) is 5.28. The van der Waals surface area contributed by atoms with Crippen LogP contribution in [-0.2, 0) is 11.3 Å². The van der Waals surface area contributed by atoms with Crippen molar-refractivity contribution < 1.29 is 14.3 Å². The molecule has 4 rings (SSSR count). The molecule has 0 bridgehead atoms. The molecule has 9 nitrogen and oxygen atoms in total. The molecule has 0 saturated carbocycles. The van der Waals surface area contributed by atoms with Gasteiger partial charge in [-0.2, -0.15) is 4.68 Å². The molecule has 0 radical (unpaired) electrons. The van der Waals surface area contributed by atoms with Crippen LogP contribution >= 0.6 is 11.8 Å². The van der Waals surface area contributed by atoms with Gasteiger partial charge in [-0.3, -0.25) is 4.79 Å². The van der Waals surface area contributed by atoms with Crippen molar-refractivity contribution in [2.45, 2.75) is 25.5 Å². The highest BCUT2D eigenvalue weighted by Crippen LogP contribution is 2.28. The number of para-hydroxylation sites is 1. The number of tetrazole rings is 1. The zero-order chi connectivity index (χ0) is 25.9. The van der Waals surface area contributed by atoms with Gasteiger partial charge in [-0.1, -0.05) is 53.7 Å². The summed E-state index contributed by atoms with van der Waals surface area (Å²) >= 11 is 1.59. The molecule has 10 heteroatoms. The summed E-state index contributed by atoms with van der Waals surface area (Å²) in [6, 6.07) is 23.2. The Kier molecular flexibility index (Phi) is 9.50. The Bertz CT molecular complexity index is 1280. The van der Waals surface area contributed by atoms with Crippen molar-refractivity contribution in [2.24, 2.45) is 0 Å². The number of nitrogens with zero attached hydrogens (tertiary/aromatic N) is 4. The highest BCUT2D eigenvalue weighted by atomic mass is 32.2. The molecule has 192 valence electrons. The van der Waals surface area contributed by atoms with E-state index in [1.54, 1.807) is 16.4 Å². The van der Waals surface area contributed by atoms with Crippen LogP contribution < -0.4 is 20.1 Å². The number of amides is 1. The summed E-state index contributed by atoms with van der Waals surface area (Å²) in [5, 5.41) is 19.0. The van der Waals surface area contributed by atoms with E-state index in [1.807, 2.05) is 86.6 Å². The molecule has 2 N–H and O–H groups in total. The van der Waals surface area contributed by atoms with E-state index in [1.165, 1.54) is 0 Å². The van der Waals surface area contributed by atoms with Gasteiger partial charge in [0.2, 0.25) is 5.16 Å². The van der Waals surface area contributed by atoms with Crippen molar-refractivity contribution in [3.8, 4) is 17.2 Å². The van der Waals surface area contributed by atoms with Crippen LogP contribution in [0.25, 0.3) is 5.69 Å². The molecule has 1 amide bonds. The maximum Gasteiger partial charge on any atom is 0.262 e. The summed E-state index contributed by atoms with van der Waals surface area (Å²) < 4.78 is 13.2. The van der Waals surface area contributed by atoms with Gasteiger partial charge in [-0.25, -0.2) is 0 Å². The van der Waals surface area contributed by atoms with Crippen molar-refractivity contribution in [1.29, 1.82) is 0 Å². The summed E-state index contributed by atoms with van der Waals surface area (Å²) in [5.74, 6) is 1.73. The van der Waals surface area contributed by atoms with Gasteiger partial charge in [0.25, 0.3) is 5.91 Å². The van der Waals surface area contributed by atoms with E-state index >= 15 is 0 Å². The van der Waals surface area contributed by atoms with Crippen molar-refractivity contribution >= 4 is 23.4 Å². The predicted octanol–water partition coefficient (Wildman–Crippen LogP) is 4.27. The van der Waals surface area contributed by atoms with Crippen LogP contribution in [0.4, 0.5) is 5.69 Å². The van der Waals surface area contributed by atoms with Crippen molar-refractivity contribution in [2.75, 3.05) is 30.8 Å². The van der Waals surface area contributed by atoms with Crippen LogP contribution in [0.1, 0.15) is 18.1 Å². The van der Waals surface area contributed by atoms with Gasteiger partial charge in [0.15, 0.2) is 18.1 Å². The fraction of sp³-hybridized carbons (Fsp3) is 0.259. The smallest absolute Gasteiger partial charge is 0.262 e. The summed E-state index contributed by atoms with van der Waals surface area (Å²) in [5.41, 5.74) is 3.86. The van der Waals surface area contributed by atoms with Gasteiger partial charge in [0, 0.05) is 24.5 Å². The minimum Gasteiger partial charge on any atom is -0.490 e. The molecule has 0 aliphatic heterocycles. The largest absolute Gasteiger partial charge is 0.490 e. The van der Waals surface area contributed by atoms with E-state index in [9.17, 15) is 4.79 Å². The second-order valence-electron chi connectivity index (χ2n) is 8.15. The molecule has 0 fully saturated rings. The molecule has 0 aliphatic carbocycles. The molecule has 0 spiro atoms. The lowest BCUT2D eigenvalue weighted by Crippen LogP contribution is -2.20. The van der Waals surface area contributed by atoms with E-state index in [-0.39, 0.29) is 12.5 Å². The van der Waals surface area contributed by atoms with Gasteiger partial charge in [-0.05, 0) is 66.2 Å². The Morgan fingerprint density at radius 2 is 1.81 bits per heavy atom. The van der Waals surface area contributed by atoms with Crippen LogP contribution in [0, 0.1) is 6.92 Å². The quantitative estimate of drug-likeness (QED) is 0.200. The van der Waals surface area contributed by atoms with Crippen molar-refractivity contribution in [3.63, 3.8) is 0 Å². The summed E-state index contributed by atoms with van der Waals surface area (Å²) in [7, 11) is 0. The zero-order valence-corrected chi connectivity index (χ0v) is 21.7. The molecule has 1 heterocycles. The highest BCUT2D eigenvalue weighted by molar-refractivity contribution is 7.99. The number of aromatic nitrogens is 4. The Labute approximate surface area is 220 Å². The Morgan fingerprint density at radius 3 is 2.59 bits per heavy atom. The molecule has 0 aliphatic rings. The number of thioether (sulfide) groups is 1. The summed E-state index contributed by atoms with van der Waals surface area (Å²) in [6.45, 7) is 5.74. The molecule has 4 aromatic rings. The number of carbonyl (C=O) groups excluding carboxylic acids is 1. The highest BCUT2D eigenvalue weighted by Gasteiger charge is 2.11. The number of anilines is 1. The number of hydrogen-bond donors (Lipinski definition) is 2. The van der Waals surface area contributed by atoms with Gasteiger partial charge < -0.3 is 20.1 Å². The van der Waals surface area contributed by atoms with Crippen LogP contribution in [-0.4, -0.2) is 51.6 Å². The monoisotopic (exact) mass is 518 g/mol. The third kappa shape index (κ3) is 7.80. The lowest BCUT2D eigenvalue weighted by molar-refractivity contribution is -0.118. The second kappa shape index (κ2) is 13.4. The number of ether oxygens (including phenoxy) is 2. The molecular formula is C27H30N6O3S. The minimum atomic E-state index is -0.229. The Hall–Kier alpha value is -3.89. The fourth-order valence-electron chi connectivity index (χ4n) is 3.47. The average molecular weight is 519 g/mol. The summed E-state index contributed by atoms with van der Waals surface area (Å²) in [6.07, 6.45) is 0. The molecule has 1 aromatic heterocycles. The topological polar surface area (TPSA) is 103 Å². The van der Waals surface area contributed by atoms with E-state index in [4.69, 9.17) is 9.47 Å². The van der Waals surface area contributed by atoms with Gasteiger partial charge >= 0.3 is 0 Å². The van der Waals surface area contributed by atoms with Crippen LogP contribution in [0.2, 0.25) is 0 Å². The van der Waals surface area contributed by atoms with Crippen LogP contribution in [0.5, 0.6) is 11.5 Å². The number of hydrogen-bond acceptors (Lipinski definition) is 8. The normalized spacial score (nSPS) is 10.8. The Morgan fingerprint density at radius 1 is 1.00 bits per heavy atom. The molecule has 37 heavy (non-hydrogen) atoms. The first-order chi connectivity index (χ1) is 18.1. The maximum atomic E-state index is 12.3. The molecule has 3 aromatic carbocycles. The van der Waals surface area contributed by atoms with Gasteiger partial charge in [0.05, 0.1) is 12.3 Å². The van der Waals surface area contributed by atoms with E-state index in [2.05, 4.69) is 26.2 Å². The SMILES string of the molecule is CCOc1cc(CNCCSc2nnnn2-c2ccccc2)ccc1OCC(=O)Nc1ccc(C)cc1. The first-order valence-electron chi connectivity index (χ1n) is 12.0. The lowest BCUT2D eigenvalue weighted by Gasteiger charge is -2.14. The third-order valence-corrected chi connectivity index (χ3v) is 6.20. The minimum absolute atomic E-state index is 0.106. The predicted molar refractivity (Wildman–Crippen MR) is 144 cm³/mol. The lowest BCUT2D eigenvalue weighted by atomic mass is 10.2. The molecular weight excluding hydrogens is 488 g/mol. The second-order valence-corrected chi connectivity index (χ2v) is 9.21. The van der Waals surface area contributed by atoms with Crippen LogP contribution in [0.15, 0.2) is 78.0 Å². The van der Waals surface area contributed by atoms with Crippen molar-refractivity contribution in [3.05, 3.63) is 83.9 Å². The van der Waals surface area contributed by atoms with E-state index in [0.29, 0.717) is 24.7 Å². The number of rotatable bonds is 13. The number of benzene rings is 3. The first kappa shape index (κ1) is 26.2. The van der Waals surface area contributed by atoms with Gasteiger partial charge in [-0.15, -0.1) is 5.10 Å². The van der Waals surface area contributed by atoms with E-state index in [0.717, 1.165) is 40.0 Å². The number of aryl methyl sites for hydroxylation is 1. The average Bonchev–Trinajstić information content (AvgIpc) is 3.39. The summed E-state index contributed by atoms with van der Waals surface area (Å²) in [4.78, 5) is 12.3. The first-order valence-corrected chi connectivity index (χ1v) is 13.0. The standard InChI is InChI=1S/C27H30N6O3S/c1-3-35-25-17-21(11-14-24(25)36-19-26(34)29-22-12-9-20(2)10-13-22)18-28-15-16-37-27-30-31-32-33(27)23-7-5-4-6-8-23/h4-14,17,28H,3,15-16,18-19H2,1-2H3,(H,29,34). The molecule has 0 atom stereocenters. The van der Waals surface area contributed by atoms with Crippen LogP contribution in [0.3, 0.4) is 0 Å².